The number of rotatable bonds is 11. The van der Waals surface area contributed by atoms with Crippen LogP contribution in [0.1, 0.15) is 23.6 Å². The Bertz CT molecular complexity index is 594. The van der Waals surface area contributed by atoms with Crippen molar-refractivity contribution in [2.75, 3.05) is 80.3 Å². The van der Waals surface area contributed by atoms with Crippen LogP contribution in [0, 0.1) is 6.92 Å². The van der Waals surface area contributed by atoms with Crippen LogP contribution in [0.5, 0.6) is 0 Å². The largest absolute Gasteiger partial charge is 0.385 e. The first-order valence-corrected chi connectivity index (χ1v) is 10.6. The van der Waals surface area contributed by atoms with E-state index in [1.54, 1.807) is 7.11 Å². The first kappa shape index (κ1) is 27.1. The van der Waals surface area contributed by atoms with Crippen molar-refractivity contribution in [1.29, 1.82) is 0 Å². The molecule has 1 saturated heterocycles. The lowest BCUT2D eigenvalue weighted by molar-refractivity contribution is 0.0170. The molecule has 0 spiro atoms. The number of hydrogen-bond acceptors (Lipinski definition) is 5. The predicted octanol–water partition coefficient (Wildman–Crippen LogP) is 2.12. The van der Waals surface area contributed by atoms with Crippen LogP contribution in [0.2, 0.25) is 0 Å². The SMILES string of the molecule is CN=C(NCCN(C)CCCOC)NCC(c1ccc(C)cc1)N1CCOCC1.I. The summed E-state index contributed by atoms with van der Waals surface area (Å²) in [6.45, 7) is 10.1. The number of benzene rings is 1. The van der Waals surface area contributed by atoms with Crippen LogP contribution in [0.3, 0.4) is 0 Å². The van der Waals surface area contributed by atoms with Gasteiger partial charge in [-0.2, -0.15) is 0 Å². The fourth-order valence-corrected chi connectivity index (χ4v) is 3.51. The highest BCUT2D eigenvalue weighted by Crippen LogP contribution is 2.21. The maximum Gasteiger partial charge on any atom is 0.191 e. The van der Waals surface area contributed by atoms with Gasteiger partial charge in [-0.1, -0.05) is 29.8 Å². The second kappa shape index (κ2) is 15.8. The molecule has 1 aliphatic heterocycles. The zero-order chi connectivity index (χ0) is 20.9. The number of halogens is 1. The van der Waals surface area contributed by atoms with Gasteiger partial charge in [0.15, 0.2) is 5.96 Å². The van der Waals surface area contributed by atoms with E-state index in [-0.39, 0.29) is 24.0 Å². The van der Waals surface area contributed by atoms with E-state index in [4.69, 9.17) is 9.47 Å². The third-order valence-corrected chi connectivity index (χ3v) is 5.31. The normalized spacial score (nSPS) is 16.2. The molecular weight excluding hydrogens is 493 g/mol. The highest BCUT2D eigenvalue weighted by molar-refractivity contribution is 14.0. The van der Waals surface area contributed by atoms with E-state index in [2.05, 4.69) is 63.7 Å². The van der Waals surface area contributed by atoms with Gasteiger partial charge >= 0.3 is 0 Å². The Hall–Kier alpha value is -0.940. The fraction of sp³-hybridized carbons (Fsp3) is 0.682. The number of methoxy groups -OCH3 is 1. The van der Waals surface area contributed by atoms with E-state index in [1.807, 2.05) is 7.05 Å². The third-order valence-electron chi connectivity index (χ3n) is 5.31. The van der Waals surface area contributed by atoms with E-state index in [0.717, 1.165) is 71.5 Å². The van der Waals surface area contributed by atoms with Crippen LogP contribution >= 0.6 is 24.0 Å². The Morgan fingerprint density at radius 2 is 1.90 bits per heavy atom. The predicted molar refractivity (Wildman–Crippen MR) is 135 cm³/mol. The van der Waals surface area contributed by atoms with E-state index in [1.165, 1.54) is 11.1 Å². The summed E-state index contributed by atoms with van der Waals surface area (Å²) >= 11 is 0. The Morgan fingerprint density at radius 3 is 2.53 bits per heavy atom. The first-order valence-electron chi connectivity index (χ1n) is 10.6. The zero-order valence-electron chi connectivity index (χ0n) is 19.0. The number of nitrogens with zero attached hydrogens (tertiary/aromatic N) is 3. The summed E-state index contributed by atoms with van der Waals surface area (Å²) in [4.78, 5) is 9.20. The maximum atomic E-state index is 5.55. The lowest BCUT2D eigenvalue weighted by Gasteiger charge is -2.35. The summed E-state index contributed by atoms with van der Waals surface area (Å²) in [7, 11) is 5.71. The zero-order valence-corrected chi connectivity index (χ0v) is 21.4. The van der Waals surface area contributed by atoms with Gasteiger partial charge in [0.05, 0.1) is 19.3 Å². The lowest BCUT2D eigenvalue weighted by atomic mass is 10.0. The summed E-state index contributed by atoms with van der Waals surface area (Å²) in [5.74, 6) is 0.848. The number of ether oxygens (including phenoxy) is 2. The van der Waals surface area contributed by atoms with E-state index in [9.17, 15) is 0 Å². The quantitative estimate of drug-likeness (QED) is 0.197. The monoisotopic (exact) mass is 533 g/mol. The van der Waals surface area contributed by atoms with Gasteiger partial charge in [-0.15, -0.1) is 24.0 Å². The van der Waals surface area contributed by atoms with Gasteiger partial charge in [-0.3, -0.25) is 9.89 Å². The molecule has 8 heteroatoms. The molecule has 0 radical (unpaired) electrons. The molecule has 1 aromatic carbocycles. The van der Waals surface area contributed by atoms with Crippen LogP contribution < -0.4 is 10.6 Å². The first-order chi connectivity index (χ1) is 14.1. The van der Waals surface area contributed by atoms with Gasteiger partial charge < -0.3 is 25.0 Å². The molecule has 0 aliphatic carbocycles. The van der Waals surface area contributed by atoms with Crippen LogP contribution in [-0.4, -0.2) is 96.1 Å². The van der Waals surface area contributed by atoms with Crippen LogP contribution in [0.15, 0.2) is 29.3 Å². The number of likely N-dealkylation sites (N-methyl/N-ethyl adjacent to an activating group) is 1. The summed E-state index contributed by atoms with van der Waals surface area (Å²) < 4.78 is 10.7. The topological polar surface area (TPSA) is 61.4 Å². The Balaban J connectivity index is 0.00000450. The number of aliphatic imine (C=N–C) groups is 1. The average molecular weight is 533 g/mol. The molecule has 7 nitrogen and oxygen atoms in total. The fourth-order valence-electron chi connectivity index (χ4n) is 3.51. The molecule has 0 bridgehead atoms. The molecule has 30 heavy (non-hydrogen) atoms. The molecule has 1 atom stereocenters. The minimum absolute atomic E-state index is 0. The summed E-state index contributed by atoms with van der Waals surface area (Å²) in [5.41, 5.74) is 2.62. The minimum Gasteiger partial charge on any atom is -0.385 e. The van der Waals surface area contributed by atoms with Crippen molar-refractivity contribution in [3.05, 3.63) is 35.4 Å². The molecule has 2 rings (SSSR count). The van der Waals surface area contributed by atoms with Gasteiger partial charge in [-0.05, 0) is 26.0 Å². The van der Waals surface area contributed by atoms with Crippen molar-refractivity contribution in [2.24, 2.45) is 4.99 Å². The number of nitrogens with one attached hydrogen (secondary N) is 2. The molecule has 1 aliphatic rings. The van der Waals surface area contributed by atoms with Crippen LogP contribution in [0.25, 0.3) is 0 Å². The maximum absolute atomic E-state index is 5.55. The molecule has 0 aromatic heterocycles. The van der Waals surface area contributed by atoms with E-state index >= 15 is 0 Å². The second-order valence-corrected chi connectivity index (χ2v) is 7.60. The number of guanidine groups is 1. The highest BCUT2D eigenvalue weighted by atomic mass is 127. The second-order valence-electron chi connectivity index (χ2n) is 7.60. The Kier molecular flexibility index (Phi) is 14.3. The van der Waals surface area contributed by atoms with Crippen LogP contribution in [0.4, 0.5) is 0 Å². The minimum atomic E-state index is 0. The summed E-state index contributed by atoms with van der Waals surface area (Å²) in [6.07, 6.45) is 1.05. The smallest absolute Gasteiger partial charge is 0.191 e. The third kappa shape index (κ3) is 9.91. The van der Waals surface area contributed by atoms with Gasteiger partial charge in [0.2, 0.25) is 0 Å². The van der Waals surface area contributed by atoms with Gasteiger partial charge in [0.25, 0.3) is 0 Å². The van der Waals surface area contributed by atoms with Gasteiger partial charge in [0, 0.05) is 60.0 Å². The van der Waals surface area contributed by atoms with E-state index < -0.39 is 0 Å². The number of aryl methyl sites for hydroxylation is 1. The molecule has 0 amide bonds. The van der Waals surface area contributed by atoms with Crippen molar-refractivity contribution in [3.63, 3.8) is 0 Å². The van der Waals surface area contributed by atoms with Gasteiger partial charge in [0.1, 0.15) is 0 Å². The van der Waals surface area contributed by atoms with Crippen molar-refractivity contribution in [3.8, 4) is 0 Å². The standard InChI is InChI=1S/C22H39N5O2.HI/c1-19-6-8-20(9-7-19)21(27-13-16-29-17-14-27)18-25-22(23-2)24-10-12-26(3)11-5-15-28-4;/h6-9,21H,5,10-18H2,1-4H3,(H2,23,24,25);1H. The molecule has 1 fully saturated rings. The summed E-state index contributed by atoms with van der Waals surface area (Å²) in [5, 5.41) is 6.96. The molecule has 1 aromatic rings. The van der Waals surface area contributed by atoms with E-state index in [0.29, 0.717) is 6.04 Å². The highest BCUT2D eigenvalue weighted by Gasteiger charge is 2.22. The molecule has 1 unspecified atom stereocenters. The van der Waals surface area contributed by atoms with Crippen LogP contribution in [-0.2, 0) is 9.47 Å². The summed E-state index contributed by atoms with van der Waals surface area (Å²) in [6, 6.07) is 9.16. The molecule has 0 saturated carbocycles. The van der Waals surface area contributed by atoms with Crippen molar-refractivity contribution in [1.82, 2.24) is 20.4 Å². The van der Waals surface area contributed by atoms with Gasteiger partial charge in [-0.25, -0.2) is 0 Å². The molecule has 2 N–H and O–H groups in total. The van der Waals surface area contributed by atoms with Crippen molar-refractivity contribution in [2.45, 2.75) is 19.4 Å². The lowest BCUT2D eigenvalue weighted by Crippen LogP contribution is -2.47. The average Bonchev–Trinajstić information content (AvgIpc) is 2.74. The molecule has 1 heterocycles. The Labute approximate surface area is 199 Å². The molecule has 172 valence electrons. The van der Waals surface area contributed by atoms with Crippen molar-refractivity contribution < 1.29 is 9.47 Å². The van der Waals surface area contributed by atoms with Crippen molar-refractivity contribution >= 4 is 29.9 Å². The molecular formula is C22H40IN5O2. The number of hydrogen-bond donors (Lipinski definition) is 2. The number of morpholine rings is 1. The Morgan fingerprint density at radius 1 is 1.20 bits per heavy atom.